The predicted molar refractivity (Wildman–Crippen MR) is 40.9 cm³/mol. The molecule has 0 spiro atoms. The van der Waals surface area contributed by atoms with E-state index in [9.17, 15) is 14.3 Å². The third kappa shape index (κ3) is 0.986. The molecular weight excluding hydrogens is 163 g/mol. The van der Waals surface area contributed by atoms with Gasteiger partial charge in [-0.05, 0) is 12.8 Å². The molecule has 2 fully saturated rings. The Labute approximate surface area is 65.2 Å². The van der Waals surface area contributed by atoms with Gasteiger partial charge in [-0.2, -0.15) is 0 Å². The fourth-order valence-corrected chi connectivity index (χ4v) is 4.69. The van der Waals surface area contributed by atoms with E-state index in [0.717, 1.165) is 12.8 Å². The third-order valence-electron chi connectivity index (χ3n) is 2.81. The van der Waals surface area contributed by atoms with Crippen LogP contribution >= 0.6 is 7.37 Å². The molecule has 0 aliphatic carbocycles. The Morgan fingerprint density at radius 2 is 1.73 bits per heavy atom. The Morgan fingerprint density at radius 1 is 1.27 bits per heavy atom. The molecule has 2 aliphatic heterocycles. The molecule has 62 valence electrons. The zero-order valence-electron chi connectivity index (χ0n) is 6.19. The van der Waals surface area contributed by atoms with Crippen LogP contribution in [-0.2, 0) is 9.36 Å². The van der Waals surface area contributed by atoms with Gasteiger partial charge >= 0.3 is 0 Å². The molecule has 0 aromatic rings. The molecule has 2 rings (SSSR count). The van der Waals surface area contributed by atoms with Gasteiger partial charge in [-0.25, -0.2) is 0 Å². The Balaban J connectivity index is 2.33. The maximum absolute atomic E-state index is 11.5. The van der Waals surface area contributed by atoms with Crippen LogP contribution in [0.4, 0.5) is 0 Å². The molecule has 2 heterocycles. The molecule has 0 amide bonds. The van der Waals surface area contributed by atoms with Gasteiger partial charge in [-0.15, -0.1) is 0 Å². The summed E-state index contributed by atoms with van der Waals surface area (Å²) < 4.78 is 11.5. The summed E-state index contributed by atoms with van der Waals surface area (Å²) in [5.41, 5.74) is -0.373. The van der Waals surface area contributed by atoms with Gasteiger partial charge in [0, 0.05) is 24.2 Å². The van der Waals surface area contributed by atoms with E-state index >= 15 is 0 Å². The minimum atomic E-state index is -2.92. The van der Waals surface area contributed by atoms with Crippen molar-refractivity contribution in [2.45, 2.75) is 37.0 Å². The molecule has 3 nitrogen and oxygen atoms in total. The van der Waals surface area contributed by atoms with Crippen LogP contribution in [0.15, 0.2) is 0 Å². The number of ketones is 1. The molecule has 2 atom stereocenters. The molecule has 2 unspecified atom stereocenters. The van der Waals surface area contributed by atoms with E-state index in [1.165, 1.54) is 0 Å². The smallest absolute Gasteiger partial charge is 0.207 e. The van der Waals surface area contributed by atoms with Crippen molar-refractivity contribution >= 4 is 13.2 Å². The van der Waals surface area contributed by atoms with Crippen molar-refractivity contribution in [3.63, 3.8) is 0 Å². The second-order valence-corrected chi connectivity index (χ2v) is 6.31. The maximum atomic E-state index is 11.5. The molecule has 2 aliphatic rings. The van der Waals surface area contributed by atoms with Crippen molar-refractivity contribution in [3.05, 3.63) is 0 Å². The first-order valence-corrected chi connectivity index (χ1v) is 5.74. The SMILES string of the molecule is O=C1CC2CCC(C1)P2(=O)O. The molecule has 0 saturated carbocycles. The average molecular weight is 174 g/mol. The first kappa shape index (κ1) is 7.51. The van der Waals surface area contributed by atoms with Crippen molar-refractivity contribution < 1.29 is 14.3 Å². The van der Waals surface area contributed by atoms with Gasteiger partial charge in [-0.1, -0.05) is 0 Å². The van der Waals surface area contributed by atoms with Crippen molar-refractivity contribution in [2.24, 2.45) is 0 Å². The minimum absolute atomic E-state index is 0.179. The minimum Gasteiger partial charge on any atom is -0.344 e. The van der Waals surface area contributed by atoms with E-state index in [-0.39, 0.29) is 17.1 Å². The first-order valence-electron chi connectivity index (χ1n) is 3.94. The summed E-state index contributed by atoms with van der Waals surface area (Å²) in [5, 5.41) is 0. The van der Waals surface area contributed by atoms with Crippen molar-refractivity contribution in [1.82, 2.24) is 0 Å². The molecule has 1 N–H and O–H groups in total. The Morgan fingerprint density at radius 3 is 2.18 bits per heavy atom. The number of carbonyl (C=O) groups is 1. The van der Waals surface area contributed by atoms with Crippen molar-refractivity contribution in [2.75, 3.05) is 0 Å². The second-order valence-electron chi connectivity index (χ2n) is 3.50. The molecule has 2 saturated heterocycles. The largest absolute Gasteiger partial charge is 0.344 e. The van der Waals surface area contributed by atoms with Crippen LogP contribution in [0.3, 0.4) is 0 Å². The van der Waals surface area contributed by atoms with Crippen LogP contribution in [0.2, 0.25) is 0 Å². The van der Waals surface area contributed by atoms with E-state index < -0.39 is 7.37 Å². The van der Waals surface area contributed by atoms with E-state index in [1.807, 2.05) is 0 Å². The topological polar surface area (TPSA) is 54.4 Å². The number of Topliss-reactive ketones (excluding diaryl/α,β-unsaturated/α-hetero) is 1. The zero-order valence-corrected chi connectivity index (χ0v) is 7.09. The summed E-state index contributed by atoms with van der Waals surface area (Å²) in [7, 11) is -2.92. The molecule has 11 heavy (non-hydrogen) atoms. The number of rotatable bonds is 0. The Hall–Kier alpha value is -0.140. The summed E-state index contributed by atoms with van der Waals surface area (Å²) >= 11 is 0. The summed E-state index contributed by atoms with van der Waals surface area (Å²) in [4.78, 5) is 20.5. The summed E-state index contributed by atoms with van der Waals surface area (Å²) in [6.45, 7) is 0. The van der Waals surface area contributed by atoms with Gasteiger partial charge in [0.2, 0.25) is 7.37 Å². The van der Waals surface area contributed by atoms with Crippen LogP contribution < -0.4 is 0 Å². The monoisotopic (exact) mass is 174 g/mol. The van der Waals surface area contributed by atoms with E-state index in [2.05, 4.69) is 0 Å². The molecular formula is C7H11O3P. The molecule has 0 aromatic carbocycles. The predicted octanol–water partition coefficient (Wildman–Crippen LogP) is 1.15. The summed E-state index contributed by atoms with van der Waals surface area (Å²) in [6.07, 6.45) is 2.27. The van der Waals surface area contributed by atoms with Crippen molar-refractivity contribution in [3.8, 4) is 0 Å². The molecule has 0 aromatic heterocycles. The lowest BCUT2D eigenvalue weighted by molar-refractivity contribution is -0.119. The second kappa shape index (κ2) is 2.18. The third-order valence-corrected chi connectivity index (χ3v) is 5.78. The van der Waals surface area contributed by atoms with E-state index in [1.54, 1.807) is 0 Å². The Kier molecular flexibility index (Phi) is 1.48. The average Bonchev–Trinajstić information content (AvgIpc) is 2.19. The van der Waals surface area contributed by atoms with Gasteiger partial charge in [0.1, 0.15) is 5.78 Å². The van der Waals surface area contributed by atoms with Gasteiger partial charge in [0.15, 0.2) is 0 Å². The lowest BCUT2D eigenvalue weighted by Crippen LogP contribution is -2.21. The fraction of sp³-hybridized carbons (Fsp3) is 0.857. The highest BCUT2D eigenvalue weighted by atomic mass is 31.2. The first-order chi connectivity index (χ1) is 5.10. The molecule has 0 radical (unpaired) electrons. The number of hydrogen-bond donors (Lipinski definition) is 1. The standard InChI is InChI=1S/C7H11O3P/c8-5-3-6-1-2-7(4-5)11(6,9)10/h6-7H,1-4H2,(H,9,10). The van der Waals surface area contributed by atoms with Crippen molar-refractivity contribution in [1.29, 1.82) is 0 Å². The van der Waals surface area contributed by atoms with E-state index in [4.69, 9.17) is 0 Å². The highest BCUT2D eigenvalue weighted by Crippen LogP contribution is 2.64. The lowest BCUT2D eigenvalue weighted by Gasteiger charge is -2.24. The summed E-state index contributed by atoms with van der Waals surface area (Å²) in [6, 6.07) is 0. The number of fused-ring (bicyclic) bond motifs is 2. The zero-order chi connectivity index (χ0) is 8.06. The lowest BCUT2D eigenvalue weighted by atomic mass is 10.2. The quantitative estimate of drug-likeness (QED) is 0.560. The van der Waals surface area contributed by atoms with Gasteiger partial charge < -0.3 is 4.89 Å². The van der Waals surface area contributed by atoms with Crippen LogP contribution in [0.1, 0.15) is 25.7 Å². The van der Waals surface area contributed by atoms with E-state index in [0.29, 0.717) is 12.8 Å². The molecule has 4 heteroatoms. The normalized spacial score (nSPS) is 49.7. The summed E-state index contributed by atoms with van der Waals surface area (Å²) in [5.74, 6) is 0.179. The Bertz CT molecular complexity index is 228. The van der Waals surface area contributed by atoms with Crippen LogP contribution in [-0.4, -0.2) is 22.0 Å². The van der Waals surface area contributed by atoms with Crippen LogP contribution in [0.5, 0.6) is 0 Å². The fourth-order valence-electron chi connectivity index (χ4n) is 2.13. The number of hydrogen-bond acceptors (Lipinski definition) is 2. The maximum Gasteiger partial charge on any atom is 0.207 e. The van der Waals surface area contributed by atoms with Gasteiger partial charge in [0.05, 0.1) is 0 Å². The van der Waals surface area contributed by atoms with Crippen LogP contribution in [0.25, 0.3) is 0 Å². The molecule has 2 bridgehead atoms. The highest BCUT2D eigenvalue weighted by molar-refractivity contribution is 7.60. The van der Waals surface area contributed by atoms with Crippen LogP contribution in [0, 0.1) is 0 Å². The number of carbonyl (C=O) groups excluding carboxylic acids is 1. The van der Waals surface area contributed by atoms with Gasteiger partial charge in [-0.3, -0.25) is 9.36 Å². The van der Waals surface area contributed by atoms with Gasteiger partial charge in [0.25, 0.3) is 0 Å². The highest BCUT2D eigenvalue weighted by Gasteiger charge is 2.49.